The highest BCUT2D eigenvalue weighted by Crippen LogP contribution is 2.37. The molecule has 2 aliphatic rings. The molecule has 2 atom stereocenters. The van der Waals surface area contributed by atoms with Crippen molar-refractivity contribution in [3.63, 3.8) is 0 Å². The van der Waals surface area contributed by atoms with Crippen LogP contribution in [0.2, 0.25) is 0 Å². The molecule has 2 unspecified atom stereocenters. The van der Waals surface area contributed by atoms with E-state index in [1.807, 2.05) is 0 Å². The maximum atomic E-state index is 3.51. The number of rotatable bonds is 4. The van der Waals surface area contributed by atoms with E-state index in [4.69, 9.17) is 0 Å². The van der Waals surface area contributed by atoms with Crippen molar-refractivity contribution in [2.45, 2.75) is 38.1 Å². The first-order valence-electron chi connectivity index (χ1n) is 7.30. The van der Waals surface area contributed by atoms with Crippen molar-refractivity contribution in [2.75, 3.05) is 25.0 Å². The molecule has 0 amide bonds. The van der Waals surface area contributed by atoms with Gasteiger partial charge in [-0.2, -0.15) is 0 Å². The van der Waals surface area contributed by atoms with Crippen molar-refractivity contribution >= 4 is 5.69 Å². The lowest BCUT2D eigenvalue weighted by Crippen LogP contribution is -2.43. The van der Waals surface area contributed by atoms with Crippen LogP contribution in [0.5, 0.6) is 0 Å². The van der Waals surface area contributed by atoms with Gasteiger partial charge in [0, 0.05) is 24.8 Å². The van der Waals surface area contributed by atoms with Crippen LogP contribution in [-0.4, -0.2) is 26.2 Å². The minimum atomic E-state index is 0.673. The predicted octanol–water partition coefficient (Wildman–Crippen LogP) is 3.00. The number of hydrogen-bond acceptors (Lipinski definition) is 2. The van der Waals surface area contributed by atoms with Gasteiger partial charge in [0.25, 0.3) is 0 Å². The van der Waals surface area contributed by atoms with Gasteiger partial charge in [-0.1, -0.05) is 25.1 Å². The number of anilines is 1. The highest BCUT2D eigenvalue weighted by Gasteiger charge is 2.32. The summed E-state index contributed by atoms with van der Waals surface area (Å²) in [4.78, 5) is 2.59. The van der Waals surface area contributed by atoms with E-state index in [-0.39, 0.29) is 0 Å². The molecule has 1 aromatic carbocycles. The third kappa shape index (κ3) is 2.26. The summed E-state index contributed by atoms with van der Waals surface area (Å²) in [7, 11) is 2.11. The third-order valence-corrected chi connectivity index (χ3v) is 4.62. The molecule has 18 heavy (non-hydrogen) atoms. The Morgan fingerprint density at radius 2 is 2.06 bits per heavy atom. The molecule has 1 aliphatic heterocycles. The van der Waals surface area contributed by atoms with Gasteiger partial charge >= 0.3 is 0 Å². The fraction of sp³-hybridized carbons (Fsp3) is 0.625. The molecule has 1 saturated carbocycles. The zero-order valence-electron chi connectivity index (χ0n) is 11.5. The van der Waals surface area contributed by atoms with Gasteiger partial charge < -0.3 is 10.2 Å². The number of hydrogen-bond donors (Lipinski definition) is 1. The largest absolute Gasteiger partial charge is 0.370 e. The summed E-state index contributed by atoms with van der Waals surface area (Å²) < 4.78 is 0. The van der Waals surface area contributed by atoms with Crippen LogP contribution in [0.25, 0.3) is 0 Å². The number of para-hydroxylation sites is 1. The Kier molecular flexibility index (Phi) is 3.29. The highest BCUT2D eigenvalue weighted by atomic mass is 15.2. The van der Waals surface area contributed by atoms with Crippen molar-refractivity contribution in [3.05, 3.63) is 29.8 Å². The van der Waals surface area contributed by atoms with Gasteiger partial charge in [0.15, 0.2) is 0 Å². The normalized spacial score (nSPS) is 24.8. The number of nitrogens with one attached hydrogen (secondary N) is 1. The number of benzene rings is 1. The average Bonchev–Trinajstić information content (AvgIpc) is 3.23. The molecule has 0 aromatic heterocycles. The van der Waals surface area contributed by atoms with E-state index in [1.165, 1.54) is 43.6 Å². The lowest BCUT2D eigenvalue weighted by molar-refractivity contribution is 0.478. The second kappa shape index (κ2) is 4.93. The standard InChI is InChI=1S/C16H24N2/c1-12-9-10-18(11-15(17-2)13-7-8-13)16-6-4-3-5-14(12)16/h3-6,12-13,15,17H,7-11H2,1-2H3. The van der Waals surface area contributed by atoms with Crippen LogP contribution in [0, 0.1) is 5.92 Å². The molecule has 3 rings (SSSR count). The van der Waals surface area contributed by atoms with Gasteiger partial charge in [-0.3, -0.25) is 0 Å². The lowest BCUT2D eigenvalue weighted by Gasteiger charge is -2.36. The van der Waals surface area contributed by atoms with E-state index in [0.717, 1.165) is 5.92 Å². The van der Waals surface area contributed by atoms with Crippen LogP contribution in [0.3, 0.4) is 0 Å². The Bertz CT molecular complexity index is 411. The summed E-state index contributed by atoms with van der Waals surface area (Å²) in [5.74, 6) is 1.63. The van der Waals surface area contributed by atoms with E-state index in [0.29, 0.717) is 12.0 Å². The van der Waals surface area contributed by atoms with Crippen molar-refractivity contribution < 1.29 is 0 Å². The maximum absolute atomic E-state index is 3.51. The molecule has 1 aliphatic carbocycles. The van der Waals surface area contributed by atoms with Crippen molar-refractivity contribution in [2.24, 2.45) is 5.92 Å². The molecular weight excluding hydrogens is 220 g/mol. The Morgan fingerprint density at radius 3 is 2.78 bits per heavy atom. The zero-order valence-corrected chi connectivity index (χ0v) is 11.5. The van der Waals surface area contributed by atoms with Crippen LogP contribution >= 0.6 is 0 Å². The molecule has 0 radical (unpaired) electrons. The topological polar surface area (TPSA) is 15.3 Å². The molecule has 98 valence electrons. The molecule has 1 fully saturated rings. The molecule has 2 nitrogen and oxygen atoms in total. The first kappa shape index (κ1) is 12.0. The quantitative estimate of drug-likeness (QED) is 0.876. The lowest BCUT2D eigenvalue weighted by atomic mass is 9.91. The second-order valence-electron chi connectivity index (χ2n) is 5.93. The van der Waals surface area contributed by atoms with Gasteiger partial charge in [-0.05, 0) is 49.8 Å². The molecule has 0 saturated heterocycles. The fourth-order valence-corrected chi connectivity index (χ4v) is 3.22. The third-order valence-electron chi connectivity index (χ3n) is 4.62. The summed E-state index contributed by atoms with van der Waals surface area (Å²) >= 11 is 0. The van der Waals surface area contributed by atoms with Gasteiger partial charge in [0.05, 0.1) is 0 Å². The van der Waals surface area contributed by atoms with Crippen LogP contribution in [0.1, 0.15) is 37.7 Å². The van der Waals surface area contributed by atoms with Crippen molar-refractivity contribution in [3.8, 4) is 0 Å². The van der Waals surface area contributed by atoms with Gasteiger partial charge in [0.1, 0.15) is 0 Å². The summed E-state index contributed by atoms with van der Waals surface area (Å²) in [5.41, 5.74) is 3.01. The maximum Gasteiger partial charge on any atom is 0.0402 e. The number of nitrogens with zero attached hydrogens (tertiary/aromatic N) is 1. The molecule has 1 aromatic rings. The monoisotopic (exact) mass is 244 g/mol. The first-order chi connectivity index (χ1) is 8.79. The highest BCUT2D eigenvalue weighted by molar-refractivity contribution is 5.57. The Labute approximate surface area is 110 Å². The zero-order chi connectivity index (χ0) is 12.5. The first-order valence-corrected chi connectivity index (χ1v) is 7.30. The van der Waals surface area contributed by atoms with Crippen LogP contribution < -0.4 is 10.2 Å². The smallest absolute Gasteiger partial charge is 0.0402 e. The summed E-state index contributed by atoms with van der Waals surface area (Å²) in [6, 6.07) is 9.62. The van der Waals surface area contributed by atoms with Crippen molar-refractivity contribution in [1.82, 2.24) is 5.32 Å². The Balaban J connectivity index is 1.79. The van der Waals surface area contributed by atoms with Crippen LogP contribution in [0.4, 0.5) is 5.69 Å². The van der Waals surface area contributed by atoms with Crippen LogP contribution in [0.15, 0.2) is 24.3 Å². The van der Waals surface area contributed by atoms with Gasteiger partial charge in [0.2, 0.25) is 0 Å². The van der Waals surface area contributed by atoms with Crippen LogP contribution in [-0.2, 0) is 0 Å². The molecule has 2 heteroatoms. The van der Waals surface area contributed by atoms with Gasteiger partial charge in [-0.25, -0.2) is 0 Å². The minimum absolute atomic E-state index is 0.673. The van der Waals surface area contributed by atoms with E-state index < -0.39 is 0 Å². The molecular formula is C16H24N2. The van der Waals surface area contributed by atoms with E-state index in [1.54, 1.807) is 0 Å². The second-order valence-corrected chi connectivity index (χ2v) is 5.93. The van der Waals surface area contributed by atoms with E-state index in [2.05, 4.69) is 48.5 Å². The molecule has 1 heterocycles. The summed E-state index contributed by atoms with van der Waals surface area (Å²) in [5, 5.41) is 3.51. The molecule has 0 spiro atoms. The van der Waals surface area contributed by atoms with E-state index in [9.17, 15) is 0 Å². The SMILES string of the molecule is CNC(CN1CCC(C)c2ccccc21)C1CC1. The van der Waals surface area contributed by atoms with E-state index >= 15 is 0 Å². The Morgan fingerprint density at radius 1 is 1.28 bits per heavy atom. The Hall–Kier alpha value is -1.02. The molecule has 0 bridgehead atoms. The summed E-state index contributed by atoms with van der Waals surface area (Å²) in [6.07, 6.45) is 4.12. The number of fused-ring (bicyclic) bond motifs is 1. The molecule has 1 N–H and O–H groups in total. The fourth-order valence-electron chi connectivity index (χ4n) is 3.22. The number of likely N-dealkylation sites (N-methyl/N-ethyl adjacent to an activating group) is 1. The van der Waals surface area contributed by atoms with Crippen molar-refractivity contribution in [1.29, 1.82) is 0 Å². The minimum Gasteiger partial charge on any atom is -0.370 e. The summed E-state index contributed by atoms with van der Waals surface area (Å²) in [6.45, 7) is 4.74. The van der Waals surface area contributed by atoms with Gasteiger partial charge in [-0.15, -0.1) is 0 Å². The average molecular weight is 244 g/mol. The predicted molar refractivity (Wildman–Crippen MR) is 77.3 cm³/mol.